The third-order valence-corrected chi connectivity index (χ3v) is 10.6. The molecule has 1 fully saturated rings. The quantitative estimate of drug-likeness (QED) is 0.576. The molecule has 1 unspecified atom stereocenters. The summed E-state index contributed by atoms with van der Waals surface area (Å²) in [5, 5.41) is 0. The Morgan fingerprint density at radius 2 is 1.62 bits per heavy atom. The summed E-state index contributed by atoms with van der Waals surface area (Å²) < 4.78 is 7.97. The first-order valence-corrected chi connectivity index (χ1v) is 13.0. The maximum Gasteiger partial charge on any atom is 0.305 e. The Kier molecular flexibility index (Phi) is 4.02. The summed E-state index contributed by atoms with van der Waals surface area (Å²) in [6.07, 6.45) is 1.57. The third kappa shape index (κ3) is 3.43. The molecule has 0 N–H and O–H groups in total. The van der Waals surface area contributed by atoms with Crippen LogP contribution in [0.5, 0.6) is 0 Å². The van der Waals surface area contributed by atoms with E-state index in [1.165, 1.54) is 0 Å². The zero-order valence-corrected chi connectivity index (χ0v) is 13.5. The zero-order valence-electron chi connectivity index (χ0n) is 11.5. The first-order chi connectivity index (χ1) is 7.12. The third-order valence-electron chi connectivity index (χ3n) is 2.93. The molecular weight excluding hydrogens is 234 g/mol. The van der Waals surface area contributed by atoms with Crippen LogP contribution in [0.1, 0.15) is 12.8 Å². The fraction of sp³-hybridized carbons (Fsp3) is 0.909. The zero-order chi connectivity index (χ0) is 12.6. The molecule has 0 aromatic heterocycles. The van der Waals surface area contributed by atoms with Crippen LogP contribution < -0.4 is 0 Å². The first-order valence-electron chi connectivity index (χ1n) is 6.07. The lowest BCUT2D eigenvalue weighted by molar-refractivity contribution is -0.148. The van der Waals surface area contributed by atoms with E-state index in [4.69, 9.17) is 4.74 Å². The Hall–Kier alpha value is -0.136. The van der Waals surface area contributed by atoms with E-state index in [1.54, 1.807) is 0 Å². The highest BCUT2D eigenvalue weighted by Gasteiger charge is 2.40. The minimum Gasteiger partial charge on any atom is -0.464 e. The second-order valence-corrected chi connectivity index (χ2v) is 16.7. The van der Waals surface area contributed by atoms with Crippen LogP contribution in [0.3, 0.4) is 0 Å². The van der Waals surface area contributed by atoms with Crippen molar-refractivity contribution >= 4 is 22.4 Å². The molecular formula is C11H25NO2Si2. The number of ether oxygens (including phenoxy) is 1. The highest BCUT2D eigenvalue weighted by molar-refractivity contribution is 6.89. The molecule has 1 aliphatic rings. The lowest BCUT2D eigenvalue weighted by atomic mass is 10.1. The van der Waals surface area contributed by atoms with Crippen LogP contribution in [-0.4, -0.2) is 39.3 Å². The molecule has 1 aliphatic heterocycles. The number of cyclic esters (lactones) is 1. The smallest absolute Gasteiger partial charge is 0.305 e. The molecule has 1 atom stereocenters. The molecule has 94 valence electrons. The van der Waals surface area contributed by atoms with Crippen molar-refractivity contribution < 1.29 is 9.53 Å². The summed E-state index contributed by atoms with van der Waals surface area (Å²) in [4.78, 5) is 11.1. The van der Waals surface area contributed by atoms with Crippen molar-refractivity contribution in [3.63, 3.8) is 0 Å². The molecule has 0 spiro atoms. The number of carbonyl (C=O) groups excluding carboxylic acids is 1. The predicted molar refractivity (Wildman–Crippen MR) is 72.5 cm³/mol. The van der Waals surface area contributed by atoms with Gasteiger partial charge < -0.3 is 8.97 Å². The lowest BCUT2D eigenvalue weighted by Crippen LogP contribution is -2.65. The molecule has 16 heavy (non-hydrogen) atoms. The summed E-state index contributed by atoms with van der Waals surface area (Å²) in [5.41, 5.74) is 0. The molecule has 0 radical (unpaired) electrons. The minimum atomic E-state index is -1.33. The average molecular weight is 259 g/mol. The van der Waals surface area contributed by atoms with Crippen LogP contribution in [0.2, 0.25) is 39.3 Å². The Bertz CT molecular complexity index is 244. The Morgan fingerprint density at radius 3 is 1.94 bits per heavy atom. The highest BCUT2D eigenvalue weighted by atomic mass is 28.4. The fourth-order valence-electron chi connectivity index (χ4n) is 2.93. The maximum absolute atomic E-state index is 11.1. The molecule has 0 bridgehead atoms. The number of nitrogens with zero attached hydrogens (tertiary/aromatic N) is 1. The second kappa shape index (κ2) is 4.62. The monoisotopic (exact) mass is 259 g/mol. The van der Waals surface area contributed by atoms with Crippen molar-refractivity contribution in [2.24, 2.45) is 0 Å². The predicted octanol–water partition coefficient (Wildman–Crippen LogP) is 2.66. The Morgan fingerprint density at radius 1 is 1.12 bits per heavy atom. The van der Waals surface area contributed by atoms with Crippen LogP contribution in [0, 0.1) is 0 Å². The van der Waals surface area contributed by atoms with Crippen LogP contribution in [0.15, 0.2) is 0 Å². The molecule has 3 nitrogen and oxygen atoms in total. The van der Waals surface area contributed by atoms with E-state index in [2.05, 4.69) is 43.5 Å². The van der Waals surface area contributed by atoms with Crippen molar-refractivity contribution in [1.29, 1.82) is 0 Å². The van der Waals surface area contributed by atoms with Crippen LogP contribution in [0.4, 0.5) is 0 Å². The Labute approximate surface area is 101 Å². The standard InChI is InChI=1S/C11H25NO2Si2/c1-15(2,3)12(16(4,5)6)10-7-8-11(13)14-9-10/h10H,7-9H2,1-6H3. The van der Waals surface area contributed by atoms with Gasteiger partial charge in [-0.1, -0.05) is 39.3 Å². The molecule has 0 amide bonds. The first kappa shape index (κ1) is 13.9. The van der Waals surface area contributed by atoms with Gasteiger partial charge in [-0.2, -0.15) is 0 Å². The molecule has 0 aromatic rings. The van der Waals surface area contributed by atoms with Gasteiger partial charge in [0.2, 0.25) is 0 Å². The summed E-state index contributed by atoms with van der Waals surface area (Å²) in [6.45, 7) is 14.9. The van der Waals surface area contributed by atoms with Gasteiger partial charge in [-0.3, -0.25) is 4.79 Å². The number of hydrogen-bond acceptors (Lipinski definition) is 3. The summed E-state index contributed by atoms with van der Waals surface area (Å²) >= 11 is 0. The van der Waals surface area contributed by atoms with Gasteiger partial charge in [-0.15, -0.1) is 0 Å². The molecule has 0 saturated carbocycles. The fourth-order valence-corrected chi connectivity index (χ4v) is 13.6. The normalized spacial score (nSPS) is 23.4. The van der Waals surface area contributed by atoms with Crippen molar-refractivity contribution in [3.8, 4) is 0 Å². The molecule has 1 rings (SSSR count). The molecule has 0 aromatic carbocycles. The van der Waals surface area contributed by atoms with E-state index >= 15 is 0 Å². The molecule has 1 heterocycles. The lowest BCUT2D eigenvalue weighted by Gasteiger charge is -2.49. The van der Waals surface area contributed by atoms with Gasteiger partial charge in [-0.25, -0.2) is 0 Å². The summed E-state index contributed by atoms with van der Waals surface area (Å²) in [6, 6.07) is 0.469. The molecule has 0 aliphatic carbocycles. The van der Waals surface area contributed by atoms with Crippen LogP contribution >= 0.6 is 0 Å². The van der Waals surface area contributed by atoms with Crippen molar-refractivity contribution in [2.45, 2.75) is 58.2 Å². The van der Waals surface area contributed by atoms with Gasteiger partial charge in [0.1, 0.15) is 23.1 Å². The number of esters is 1. The molecule has 5 heteroatoms. The van der Waals surface area contributed by atoms with E-state index in [0.29, 0.717) is 19.1 Å². The van der Waals surface area contributed by atoms with Gasteiger partial charge in [-0.05, 0) is 6.42 Å². The van der Waals surface area contributed by atoms with Crippen LogP contribution in [-0.2, 0) is 9.53 Å². The van der Waals surface area contributed by atoms with E-state index in [-0.39, 0.29) is 5.97 Å². The van der Waals surface area contributed by atoms with Gasteiger partial charge in [0, 0.05) is 12.5 Å². The largest absolute Gasteiger partial charge is 0.464 e. The van der Waals surface area contributed by atoms with Gasteiger partial charge in [0.25, 0.3) is 0 Å². The average Bonchev–Trinajstić information content (AvgIpc) is 2.03. The number of rotatable bonds is 3. The SMILES string of the molecule is C[Si](C)(C)N(C1CCC(=O)OC1)[Si](C)(C)C. The second-order valence-electron chi connectivity index (χ2n) is 6.59. The van der Waals surface area contributed by atoms with Gasteiger partial charge in [0.15, 0.2) is 0 Å². The van der Waals surface area contributed by atoms with Crippen molar-refractivity contribution in [1.82, 2.24) is 4.23 Å². The minimum absolute atomic E-state index is 0.0256. The number of hydrogen-bond donors (Lipinski definition) is 0. The maximum atomic E-state index is 11.1. The van der Waals surface area contributed by atoms with Gasteiger partial charge >= 0.3 is 5.97 Å². The van der Waals surface area contributed by atoms with Crippen molar-refractivity contribution in [2.75, 3.05) is 6.61 Å². The summed E-state index contributed by atoms with van der Waals surface area (Å²) in [5.74, 6) is -0.0256. The van der Waals surface area contributed by atoms with E-state index in [0.717, 1.165) is 6.42 Å². The summed E-state index contributed by atoms with van der Waals surface area (Å²) in [7, 11) is -2.66. The van der Waals surface area contributed by atoms with E-state index in [1.807, 2.05) is 0 Å². The van der Waals surface area contributed by atoms with E-state index in [9.17, 15) is 4.79 Å². The number of carbonyl (C=O) groups is 1. The van der Waals surface area contributed by atoms with Crippen molar-refractivity contribution in [3.05, 3.63) is 0 Å². The van der Waals surface area contributed by atoms with Crippen LogP contribution in [0.25, 0.3) is 0 Å². The molecule has 1 saturated heterocycles. The Balaban J connectivity index is 2.82. The highest BCUT2D eigenvalue weighted by Crippen LogP contribution is 2.27. The van der Waals surface area contributed by atoms with Gasteiger partial charge in [0.05, 0.1) is 0 Å². The topological polar surface area (TPSA) is 29.5 Å². The van der Waals surface area contributed by atoms with E-state index < -0.39 is 16.5 Å².